The average Bonchev–Trinajstić information content (AvgIpc) is 2.85. The maximum atomic E-state index is 13.5. The highest BCUT2D eigenvalue weighted by atomic mass is 19.4. The van der Waals surface area contributed by atoms with E-state index >= 15 is 0 Å². The average molecular weight is 511 g/mol. The number of alkyl halides is 3. The quantitative estimate of drug-likeness (QED) is 0.555. The third kappa shape index (κ3) is 6.66. The van der Waals surface area contributed by atoms with Crippen LogP contribution in [0, 0.1) is 17.3 Å². The highest BCUT2D eigenvalue weighted by Crippen LogP contribution is 2.37. The monoisotopic (exact) mass is 510 g/mol. The zero-order valence-electron chi connectivity index (χ0n) is 22.3. The van der Waals surface area contributed by atoms with Gasteiger partial charge < -0.3 is 15.5 Å². The van der Waals surface area contributed by atoms with E-state index in [9.17, 15) is 18.0 Å². The molecule has 0 bridgehead atoms. The second-order valence-electron chi connectivity index (χ2n) is 12.4. The summed E-state index contributed by atoms with van der Waals surface area (Å²) in [6.07, 6.45) is 7.18. The molecule has 1 saturated carbocycles. The molecule has 8 heteroatoms. The van der Waals surface area contributed by atoms with Crippen LogP contribution in [0.25, 0.3) is 0 Å². The topological polar surface area (TPSA) is 47.6 Å². The second kappa shape index (κ2) is 11.5. The van der Waals surface area contributed by atoms with Crippen molar-refractivity contribution in [2.45, 2.75) is 90.4 Å². The highest BCUT2D eigenvalue weighted by molar-refractivity contribution is 5.77. The Morgan fingerprint density at radius 3 is 2.31 bits per heavy atom. The molecule has 3 fully saturated rings. The normalized spacial score (nSPS) is 26.7. The van der Waals surface area contributed by atoms with E-state index in [2.05, 4.69) is 41.2 Å². The molecule has 4 aliphatic rings. The molecule has 36 heavy (non-hydrogen) atoms. The Hall–Kier alpha value is -1.54. The Balaban J connectivity index is 1.54. The number of halogens is 3. The fraction of sp³-hybridized carbons (Fsp3) is 0.821. The highest BCUT2D eigenvalue weighted by Gasteiger charge is 2.43. The molecule has 1 amide bonds. The van der Waals surface area contributed by atoms with Crippen LogP contribution in [0.1, 0.15) is 72.1 Å². The molecule has 2 saturated heterocycles. The zero-order valence-corrected chi connectivity index (χ0v) is 22.3. The minimum atomic E-state index is -4.35. The minimum Gasteiger partial charge on any atom is -0.377 e. The lowest BCUT2D eigenvalue weighted by Crippen LogP contribution is -2.63. The summed E-state index contributed by atoms with van der Waals surface area (Å²) >= 11 is 0. The molecule has 0 aromatic rings. The molecule has 1 unspecified atom stereocenters. The van der Waals surface area contributed by atoms with Crippen molar-refractivity contribution in [1.29, 1.82) is 0 Å². The molecule has 3 aliphatic heterocycles. The largest absolute Gasteiger partial charge is 0.430 e. The molecule has 3 heterocycles. The number of nitrogens with one attached hydrogen (secondary N) is 2. The van der Waals surface area contributed by atoms with Gasteiger partial charge in [0, 0.05) is 44.7 Å². The lowest BCUT2D eigenvalue weighted by molar-refractivity contribution is -0.141. The van der Waals surface area contributed by atoms with Crippen molar-refractivity contribution >= 4 is 5.91 Å². The third-order valence-corrected chi connectivity index (χ3v) is 8.78. The second-order valence-corrected chi connectivity index (χ2v) is 12.4. The van der Waals surface area contributed by atoms with Crippen LogP contribution in [0.3, 0.4) is 0 Å². The number of nitrogens with zero attached hydrogens (tertiary/aromatic N) is 2. The van der Waals surface area contributed by atoms with Crippen molar-refractivity contribution in [3.8, 4) is 0 Å². The third-order valence-electron chi connectivity index (χ3n) is 8.78. The molecule has 0 spiro atoms. The Bertz CT molecular complexity index is 820. The van der Waals surface area contributed by atoms with Gasteiger partial charge in [0.25, 0.3) is 0 Å². The van der Waals surface area contributed by atoms with Gasteiger partial charge in [0.15, 0.2) is 0 Å². The van der Waals surface area contributed by atoms with E-state index in [1.807, 2.05) is 0 Å². The number of amides is 1. The van der Waals surface area contributed by atoms with Gasteiger partial charge in [0.05, 0.1) is 0 Å². The summed E-state index contributed by atoms with van der Waals surface area (Å²) in [4.78, 5) is 18.1. The predicted octanol–water partition coefficient (Wildman–Crippen LogP) is 4.86. The standard InChI is InChI=1S/C28H45F3N4O/c1-27(2,3)24-19-34(15-16-35(24)25(36)17-20-11-13-32-14-12-20)26(21-7-5-4-6-8-21)22-9-10-23(33-18-22)28(29,30)31/h9-10,20-21,24,26,32-33H,4-8,11-19H2,1-3H3/t24-,26?/m1/s1. The summed E-state index contributed by atoms with van der Waals surface area (Å²) in [6, 6.07) is 0.209. The Kier molecular flexibility index (Phi) is 8.75. The van der Waals surface area contributed by atoms with Crippen molar-refractivity contribution < 1.29 is 18.0 Å². The van der Waals surface area contributed by atoms with E-state index in [0.717, 1.165) is 57.4 Å². The Morgan fingerprint density at radius 2 is 1.72 bits per heavy atom. The van der Waals surface area contributed by atoms with Gasteiger partial charge >= 0.3 is 6.18 Å². The van der Waals surface area contributed by atoms with Gasteiger partial charge in [-0.25, -0.2) is 0 Å². The summed E-state index contributed by atoms with van der Waals surface area (Å²) in [5.74, 6) is 1.18. The van der Waals surface area contributed by atoms with E-state index in [1.165, 1.54) is 25.3 Å². The van der Waals surface area contributed by atoms with Crippen LogP contribution in [0.2, 0.25) is 0 Å². The van der Waals surface area contributed by atoms with Crippen molar-refractivity contribution in [1.82, 2.24) is 20.4 Å². The van der Waals surface area contributed by atoms with Crippen molar-refractivity contribution in [2.24, 2.45) is 17.3 Å². The number of rotatable bonds is 5. The molecular weight excluding hydrogens is 465 g/mol. The molecule has 204 valence electrons. The molecule has 0 aromatic carbocycles. The summed E-state index contributed by atoms with van der Waals surface area (Å²) in [5, 5.41) is 6.04. The van der Waals surface area contributed by atoms with Crippen LogP contribution in [-0.2, 0) is 4.79 Å². The van der Waals surface area contributed by atoms with Crippen LogP contribution in [0.15, 0.2) is 23.4 Å². The molecular formula is C28H45F3N4O. The van der Waals surface area contributed by atoms with E-state index in [0.29, 0.717) is 24.8 Å². The predicted molar refractivity (Wildman–Crippen MR) is 137 cm³/mol. The maximum absolute atomic E-state index is 13.5. The SMILES string of the molecule is CC(C)(C)[C@H]1CN(C(C2=CC=C(C(F)(F)F)NC2)C2CCCCC2)CCN1C(=O)CC1CCNCC1. The fourth-order valence-electron chi connectivity index (χ4n) is 6.74. The van der Waals surface area contributed by atoms with E-state index in [-0.39, 0.29) is 30.0 Å². The number of carbonyl (C=O) groups is 1. The molecule has 2 atom stereocenters. The number of allylic oxidation sites excluding steroid dienone is 3. The van der Waals surface area contributed by atoms with E-state index < -0.39 is 11.9 Å². The van der Waals surface area contributed by atoms with Gasteiger partial charge in [0.2, 0.25) is 5.91 Å². The van der Waals surface area contributed by atoms with Crippen LogP contribution in [-0.4, -0.2) is 73.2 Å². The number of piperazine rings is 1. The van der Waals surface area contributed by atoms with Crippen LogP contribution < -0.4 is 10.6 Å². The summed E-state index contributed by atoms with van der Waals surface area (Å²) in [5.41, 5.74) is 0.314. The number of carbonyl (C=O) groups excluding carboxylic acids is 1. The maximum Gasteiger partial charge on any atom is 0.430 e. The van der Waals surface area contributed by atoms with Gasteiger partial charge in [-0.2, -0.15) is 13.2 Å². The number of hydrogen-bond acceptors (Lipinski definition) is 4. The van der Waals surface area contributed by atoms with Crippen LogP contribution in [0.4, 0.5) is 13.2 Å². The van der Waals surface area contributed by atoms with Crippen LogP contribution in [0.5, 0.6) is 0 Å². The minimum absolute atomic E-state index is 0.0812. The zero-order chi connectivity index (χ0) is 25.9. The summed E-state index contributed by atoms with van der Waals surface area (Å²) < 4.78 is 39.7. The van der Waals surface area contributed by atoms with Gasteiger partial charge in [0.1, 0.15) is 5.70 Å². The lowest BCUT2D eigenvalue weighted by Gasteiger charge is -2.51. The molecule has 2 N–H and O–H groups in total. The summed E-state index contributed by atoms with van der Waals surface area (Å²) in [6.45, 7) is 11.1. The van der Waals surface area contributed by atoms with Gasteiger partial charge in [-0.3, -0.25) is 9.69 Å². The van der Waals surface area contributed by atoms with Gasteiger partial charge in [-0.05, 0) is 67.7 Å². The van der Waals surface area contributed by atoms with Gasteiger partial charge in [-0.15, -0.1) is 0 Å². The molecule has 0 radical (unpaired) electrons. The first kappa shape index (κ1) is 27.5. The number of dihydropyridines is 1. The molecule has 0 aromatic heterocycles. The first-order valence-electron chi connectivity index (χ1n) is 14.0. The smallest absolute Gasteiger partial charge is 0.377 e. The van der Waals surface area contributed by atoms with E-state index in [1.54, 1.807) is 6.08 Å². The Labute approximate surface area is 214 Å². The lowest BCUT2D eigenvalue weighted by atomic mass is 9.77. The first-order valence-corrected chi connectivity index (χ1v) is 14.0. The van der Waals surface area contributed by atoms with Crippen molar-refractivity contribution in [3.63, 3.8) is 0 Å². The molecule has 1 aliphatic carbocycles. The number of piperidine rings is 1. The van der Waals surface area contributed by atoms with Gasteiger partial charge in [-0.1, -0.05) is 46.1 Å². The molecule has 4 rings (SSSR count). The van der Waals surface area contributed by atoms with Crippen molar-refractivity contribution in [3.05, 3.63) is 23.4 Å². The fourth-order valence-corrected chi connectivity index (χ4v) is 6.74. The first-order chi connectivity index (χ1) is 17.0. The van der Waals surface area contributed by atoms with E-state index in [4.69, 9.17) is 0 Å². The number of hydrogen-bond donors (Lipinski definition) is 2. The van der Waals surface area contributed by atoms with Crippen molar-refractivity contribution in [2.75, 3.05) is 39.3 Å². The summed E-state index contributed by atoms with van der Waals surface area (Å²) in [7, 11) is 0. The molecule has 5 nitrogen and oxygen atoms in total. The van der Waals surface area contributed by atoms with Crippen LogP contribution >= 0.6 is 0 Å². The Morgan fingerprint density at radius 1 is 1.03 bits per heavy atom.